The first-order valence-corrected chi connectivity index (χ1v) is 8.43. The van der Waals surface area contributed by atoms with Crippen molar-refractivity contribution in [3.63, 3.8) is 0 Å². The predicted molar refractivity (Wildman–Crippen MR) is 86.7 cm³/mol. The molecule has 0 saturated carbocycles. The summed E-state index contributed by atoms with van der Waals surface area (Å²) in [5.74, 6) is 0. The Morgan fingerprint density at radius 3 is 2.87 bits per heavy atom. The van der Waals surface area contributed by atoms with Crippen molar-refractivity contribution < 1.29 is 0 Å². The van der Waals surface area contributed by atoms with Crippen LogP contribution in [0.2, 0.25) is 0 Å². The number of rotatable bonds is 3. The van der Waals surface area contributed by atoms with Gasteiger partial charge in [-0.25, -0.2) is 9.78 Å². The number of hydrogen-bond donors (Lipinski definition) is 0. The second kappa shape index (κ2) is 5.25. The van der Waals surface area contributed by atoms with Crippen molar-refractivity contribution in [2.75, 3.05) is 0 Å². The van der Waals surface area contributed by atoms with Gasteiger partial charge in [-0.1, -0.05) is 0 Å². The average molecular weight is 346 g/mol. The summed E-state index contributed by atoms with van der Waals surface area (Å²) in [5, 5.41) is 12.1. The predicted octanol–water partition coefficient (Wildman–Crippen LogP) is 0.917. The molecule has 0 unspecified atom stereocenters. The molecule has 0 radical (unpaired) electrons. The number of thiazole rings is 1. The third-order valence-electron chi connectivity index (χ3n) is 3.29. The lowest BCUT2D eigenvalue weighted by Crippen LogP contribution is -2.25. The summed E-state index contributed by atoms with van der Waals surface area (Å²) in [6.45, 7) is 1.95. The summed E-state index contributed by atoms with van der Waals surface area (Å²) >= 11 is 2.78. The van der Waals surface area contributed by atoms with E-state index in [0.29, 0.717) is 15.7 Å². The van der Waals surface area contributed by atoms with Crippen LogP contribution in [-0.4, -0.2) is 29.2 Å². The van der Waals surface area contributed by atoms with Crippen LogP contribution >= 0.6 is 22.7 Å². The maximum absolute atomic E-state index is 12.3. The van der Waals surface area contributed by atoms with Crippen molar-refractivity contribution in [3.05, 3.63) is 61.2 Å². The monoisotopic (exact) mass is 346 g/mol. The minimum Gasteiger partial charge on any atom is -0.269 e. The molecule has 23 heavy (non-hydrogen) atoms. The average Bonchev–Trinajstić information content (AvgIpc) is 3.22. The van der Waals surface area contributed by atoms with Gasteiger partial charge in [0.2, 0.25) is 0 Å². The number of aryl methyl sites for hydroxylation is 1. The maximum atomic E-state index is 12.3. The first-order chi connectivity index (χ1) is 11.1. The van der Waals surface area contributed by atoms with Crippen LogP contribution in [0.1, 0.15) is 11.4 Å². The molecule has 0 saturated heterocycles. The molecule has 4 aromatic rings. The van der Waals surface area contributed by atoms with Crippen molar-refractivity contribution in [2.45, 2.75) is 13.5 Å². The molecule has 8 nitrogen and oxygen atoms in total. The highest BCUT2D eigenvalue weighted by molar-refractivity contribution is 7.15. The quantitative estimate of drug-likeness (QED) is 0.550. The van der Waals surface area contributed by atoms with E-state index in [9.17, 15) is 9.59 Å². The van der Waals surface area contributed by atoms with E-state index in [-0.39, 0.29) is 17.8 Å². The lowest BCUT2D eigenvalue weighted by atomic mass is 10.4. The first-order valence-electron chi connectivity index (χ1n) is 6.67. The molecule has 0 aliphatic carbocycles. The SMILES string of the molecule is Cc1csc2nc(Cn3nnn(-c4cccs4)c3=O)cc(=O)n12. The highest BCUT2D eigenvalue weighted by Crippen LogP contribution is 2.12. The Kier molecular flexibility index (Phi) is 3.20. The first kappa shape index (κ1) is 14.0. The van der Waals surface area contributed by atoms with Gasteiger partial charge in [-0.15, -0.1) is 22.7 Å². The Bertz CT molecular complexity index is 1100. The summed E-state index contributed by atoms with van der Waals surface area (Å²) in [6.07, 6.45) is 0. The zero-order valence-electron chi connectivity index (χ0n) is 11.9. The van der Waals surface area contributed by atoms with Crippen molar-refractivity contribution in [2.24, 2.45) is 0 Å². The zero-order valence-corrected chi connectivity index (χ0v) is 13.5. The third-order valence-corrected chi connectivity index (χ3v) is 5.08. The molecular weight excluding hydrogens is 336 g/mol. The van der Waals surface area contributed by atoms with Gasteiger partial charge in [0.05, 0.1) is 12.2 Å². The van der Waals surface area contributed by atoms with Crippen LogP contribution in [-0.2, 0) is 6.54 Å². The molecule has 0 fully saturated rings. The molecule has 0 spiro atoms. The molecule has 116 valence electrons. The van der Waals surface area contributed by atoms with E-state index in [1.807, 2.05) is 23.8 Å². The molecule has 10 heteroatoms. The molecule has 0 amide bonds. The number of thiophene rings is 1. The number of fused-ring (bicyclic) bond motifs is 1. The van der Waals surface area contributed by atoms with E-state index in [1.54, 1.807) is 10.5 Å². The Morgan fingerprint density at radius 2 is 2.09 bits per heavy atom. The van der Waals surface area contributed by atoms with E-state index >= 15 is 0 Å². The van der Waals surface area contributed by atoms with Crippen LogP contribution in [0.3, 0.4) is 0 Å². The van der Waals surface area contributed by atoms with Gasteiger partial charge in [0.1, 0.15) is 5.00 Å². The van der Waals surface area contributed by atoms with Gasteiger partial charge < -0.3 is 0 Å². The fourth-order valence-corrected chi connectivity index (χ4v) is 3.80. The third kappa shape index (κ3) is 2.32. The maximum Gasteiger partial charge on any atom is 0.369 e. The second-order valence-corrected chi connectivity index (χ2v) is 6.63. The highest BCUT2D eigenvalue weighted by atomic mass is 32.1. The Labute approximate surface area is 136 Å². The summed E-state index contributed by atoms with van der Waals surface area (Å²) in [4.78, 5) is 29.5. The van der Waals surface area contributed by atoms with E-state index in [4.69, 9.17) is 0 Å². The topological polar surface area (TPSA) is 87.1 Å². The minimum absolute atomic E-state index is 0.104. The van der Waals surface area contributed by atoms with Crippen LogP contribution in [0.5, 0.6) is 0 Å². The van der Waals surface area contributed by atoms with E-state index in [2.05, 4.69) is 15.4 Å². The standard InChI is InChI=1S/C13H10N6O2S2/c1-8-7-23-12-14-9(5-10(20)18(8)12)6-17-13(21)19(16-15-17)11-3-2-4-22-11/h2-5,7H,6H2,1H3. The molecule has 4 rings (SSSR count). The number of nitrogens with zero attached hydrogens (tertiary/aromatic N) is 6. The van der Waals surface area contributed by atoms with E-state index in [1.165, 1.54) is 38.1 Å². The van der Waals surface area contributed by atoms with Crippen LogP contribution < -0.4 is 11.2 Å². The van der Waals surface area contributed by atoms with Gasteiger partial charge >= 0.3 is 5.69 Å². The molecule has 0 bridgehead atoms. The van der Waals surface area contributed by atoms with Crippen LogP contribution in [0.4, 0.5) is 0 Å². The fourth-order valence-electron chi connectivity index (χ4n) is 2.24. The Hall–Kier alpha value is -2.59. The number of hydrogen-bond acceptors (Lipinski definition) is 7. The molecule has 4 aromatic heterocycles. The number of aromatic nitrogens is 6. The molecule has 0 aliphatic rings. The van der Waals surface area contributed by atoms with Crippen LogP contribution in [0, 0.1) is 6.92 Å². The molecule has 0 atom stereocenters. The molecule has 0 N–H and O–H groups in total. The van der Waals surface area contributed by atoms with Gasteiger partial charge in [-0.2, -0.15) is 9.36 Å². The van der Waals surface area contributed by atoms with Crippen LogP contribution in [0.15, 0.2) is 38.5 Å². The van der Waals surface area contributed by atoms with E-state index in [0.717, 1.165) is 5.69 Å². The largest absolute Gasteiger partial charge is 0.369 e. The lowest BCUT2D eigenvalue weighted by Gasteiger charge is -2.00. The Balaban J connectivity index is 1.74. The summed E-state index contributed by atoms with van der Waals surface area (Å²) in [5.41, 5.74) is 0.797. The molecular formula is C13H10N6O2S2. The lowest BCUT2D eigenvalue weighted by molar-refractivity contribution is 0.621. The van der Waals surface area contributed by atoms with Crippen molar-refractivity contribution in [1.29, 1.82) is 0 Å². The fraction of sp³-hybridized carbons (Fsp3) is 0.154. The van der Waals surface area contributed by atoms with Gasteiger partial charge in [0.15, 0.2) is 4.96 Å². The van der Waals surface area contributed by atoms with Crippen molar-refractivity contribution in [1.82, 2.24) is 29.2 Å². The number of tetrazole rings is 1. The molecule has 4 heterocycles. The van der Waals surface area contributed by atoms with Crippen molar-refractivity contribution >= 4 is 27.6 Å². The minimum atomic E-state index is -0.364. The summed E-state index contributed by atoms with van der Waals surface area (Å²) < 4.78 is 3.96. The Morgan fingerprint density at radius 1 is 1.22 bits per heavy atom. The summed E-state index contributed by atoms with van der Waals surface area (Å²) in [7, 11) is 0. The highest BCUT2D eigenvalue weighted by Gasteiger charge is 2.12. The summed E-state index contributed by atoms with van der Waals surface area (Å²) in [6, 6.07) is 5.04. The molecule has 0 aliphatic heterocycles. The van der Waals surface area contributed by atoms with Gasteiger partial charge in [-0.05, 0) is 34.9 Å². The van der Waals surface area contributed by atoms with Gasteiger partial charge in [0.25, 0.3) is 5.56 Å². The van der Waals surface area contributed by atoms with E-state index < -0.39 is 0 Å². The zero-order chi connectivity index (χ0) is 16.0. The van der Waals surface area contributed by atoms with Crippen molar-refractivity contribution in [3.8, 4) is 5.00 Å². The normalized spacial score (nSPS) is 11.3. The second-order valence-electron chi connectivity index (χ2n) is 4.86. The van der Waals surface area contributed by atoms with Crippen LogP contribution in [0.25, 0.3) is 9.96 Å². The van der Waals surface area contributed by atoms with Gasteiger partial charge in [-0.3, -0.25) is 9.20 Å². The smallest absolute Gasteiger partial charge is 0.269 e. The van der Waals surface area contributed by atoms with Gasteiger partial charge in [0, 0.05) is 17.1 Å². The molecule has 0 aromatic carbocycles.